The van der Waals surface area contributed by atoms with Gasteiger partial charge >= 0.3 is 0 Å². The highest BCUT2D eigenvalue weighted by molar-refractivity contribution is 7.86. The van der Waals surface area contributed by atoms with Crippen molar-refractivity contribution in [1.29, 1.82) is 0 Å². The van der Waals surface area contributed by atoms with E-state index in [2.05, 4.69) is 0 Å². The fourth-order valence-electron chi connectivity index (χ4n) is 1.98. The first kappa shape index (κ1) is 14.4. The fraction of sp³-hybridized carbons (Fsp3) is 0.545. The second-order valence-electron chi connectivity index (χ2n) is 4.59. The number of hydrogen-bond acceptors (Lipinski definition) is 4. The lowest BCUT2D eigenvalue weighted by molar-refractivity contribution is 0.0702. The second-order valence-corrected chi connectivity index (χ2v) is 7.39. The average molecular weight is 303 g/mol. The summed E-state index contributed by atoms with van der Waals surface area (Å²) in [6, 6.07) is 1.88. The van der Waals surface area contributed by atoms with Crippen LogP contribution in [0.5, 0.6) is 0 Å². The molecule has 1 aromatic heterocycles. The summed E-state index contributed by atoms with van der Waals surface area (Å²) in [6.07, 6.45) is 0. The summed E-state index contributed by atoms with van der Waals surface area (Å²) in [4.78, 5) is 15.8. The summed E-state index contributed by atoms with van der Waals surface area (Å²) in [5, 5.41) is 5.06. The van der Waals surface area contributed by atoms with Crippen LogP contribution >= 0.6 is 11.3 Å². The topological polar surface area (TPSA) is 83.7 Å². The summed E-state index contributed by atoms with van der Waals surface area (Å²) < 4.78 is 23.6. The van der Waals surface area contributed by atoms with Gasteiger partial charge in [-0.3, -0.25) is 4.79 Å². The molecule has 2 rings (SSSR count). The first-order valence-corrected chi connectivity index (χ1v) is 8.25. The maximum atomic E-state index is 12.3. The van der Waals surface area contributed by atoms with Crippen LogP contribution in [0.3, 0.4) is 0 Å². The molecule has 0 aromatic carbocycles. The van der Waals surface area contributed by atoms with Crippen molar-refractivity contribution in [2.75, 3.05) is 26.2 Å². The zero-order valence-electron chi connectivity index (χ0n) is 10.9. The van der Waals surface area contributed by atoms with Crippen molar-refractivity contribution in [3.8, 4) is 0 Å². The highest BCUT2D eigenvalue weighted by Crippen LogP contribution is 2.22. The van der Waals surface area contributed by atoms with E-state index in [-0.39, 0.29) is 19.0 Å². The largest absolute Gasteiger partial charge is 0.335 e. The van der Waals surface area contributed by atoms with E-state index in [4.69, 9.17) is 5.14 Å². The van der Waals surface area contributed by atoms with Gasteiger partial charge in [0, 0.05) is 31.1 Å². The van der Waals surface area contributed by atoms with Gasteiger partial charge in [0.15, 0.2) is 0 Å². The molecule has 1 aromatic rings. The van der Waals surface area contributed by atoms with Crippen LogP contribution in [0.2, 0.25) is 0 Å². The minimum atomic E-state index is -3.64. The Bertz CT molecular complexity index is 567. The Morgan fingerprint density at radius 2 is 1.84 bits per heavy atom. The molecule has 0 spiro atoms. The Morgan fingerprint density at radius 1 is 1.26 bits per heavy atom. The minimum Gasteiger partial charge on any atom is -0.335 e. The molecular formula is C11H17N3O3S2. The molecule has 0 saturated carbocycles. The molecule has 6 nitrogen and oxygen atoms in total. The van der Waals surface area contributed by atoms with Gasteiger partial charge in [-0.1, -0.05) is 0 Å². The lowest BCUT2D eigenvalue weighted by Crippen LogP contribution is -2.52. The summed E-state index contributed by atoms with van der Waals surface area (Å²) in [5.41, 5.74) is 1.11. The zero-order valence-corrected chi connectivity index (χ0v) is 12.6. The number of rotatable bonds is 2. The molecule has 2 N–H and O–H groups in total. The van der Waals surface area contributed by atoms with Crippen LogP contribution < -0.4 is 5.14 Å². The highest BCUT2D eigenvalue weighted by atomic mass is 32.2. The van der Waals surface area contributed by atoms with Crippen LogP contribution in [-0.2, 0) is 10.2 Å². The summed E-state index contributed by atoms with van der Waals surface area (Å²) in [6.45, 7) is 5.23. The van der Waals surface area contributed by atoms with E-state index in [1.165, 1.54) is 15.6 Å². The van der Waals surface area contributed by atoms with Gasteiger partial charge in [-0.05, 0) is 25.5 Å². The van der Waals surface area contributed by atoms with Crippen molar-refractivity contribution in [1.82, 2.24) is 9.21 Å². The number of nitrogens with two attached hydrogens (primary N) is 1. The van der Waals surface area contributed by atoms with E-state index in [0.717, 1.165) is 10.4 Å². The molecule has 106 valence electrons. The number of amides is 1. The molecule has 1 aliphatic rings. The SMILES string of the molecule is Cc1cc(C(=O)N2CCN(S(N)(=O)=O)CC2)sc1C. The third-order valence-corrected chi connectivity index (χ3v) is 5.49. The summed E-state index contributed by atoms with van der Waals surface area (Å²) in [5.74, 6) is -0.0322. The molecule has 0 radical (unpaired) electrons. The van der Waals surface area contributed by atoms with Crippen LogP contribution in [-0.4, -0.2) is 49.7 Å². The molecule has 0 bridgehead atoms. The van der Waals surface area contributed by atoms with E-state index < -0.39 is 10.2 Å². The van der Waals surface area contributed by atoms with Crippen LogP contribution in [0.1, 0.15) is 20.1 Å². The molecule has 19 heavy (non-hydrogen) atoms. The fourth-order valence-corrected chi connectivity index (χ4v) is 3.65. The molecule has 1 fully saturated rings. The van der Waals surface area contributed by atoms with Crippen molar-refractivity contribution in [3.05, 3.63) is 21.4 Å². The molecular weight excluding hydrogens is 286 g/mol. The summed E-state index contributed by atoms with van der Waals surface area (Å²) in [7, 11) is -3.64. The van der Waals surface area contributed by atoms with Crippen LogP contribution in [0.4, 0.5) is 0 Å². The van der Waals surface area contributed by atoms with Crippen molar-refractivity contribution in [2.24, 2.45) is 5.14 Å². The van der Waals surface area contributed by atoms with Gasteiger partial charge in [0.05, 0.1) is 4.88 Å². The first-order chi connectivity index (χ1) is 8.79. The molecule has 0 atom stereocenters. The molecule has 1 amide bonds. The van der Waals surface area contributed by atoms with Crippen molar-refractivity contribution < 1.29 is 13.2 Å². The Labute approximate surface area is 117 Å². The Kier molecular flexibility index (Phi) is 3.95. The standard InChI is InChI=1S/C11H17N3O3S2/c1-8-7-10(18-9(8)2)11(15)13-3-5-14(6-4-13)19(12,16)17/h7H,3-6H2,1-2H3,(H2,12,16,17). The van der Waals surface area contributed by atoms with Gasteiger partial charge in [-0.2, -0.15) is 12.7 Å². The molecule has 1 aliphatic heterocycles. The van der Waals surface area contributed by atoms with Gasteiger partial charge in [0.1, 0.15) is 0 Å². The van der Waals surface area contributed by atoms with Crippen LogP contribution in [0.15, 0.2) is 6.07 Å². The highest BCUT2D eigenvalue weighted by Gasteiger charge is 2.27. The van der Waals surface area contributed by atoms with E-state index >= 15 is 0 Å². The first-order valence-electron chi connectivity index (χ1n) is 5.93. The quantitative estimate of drug-likeness (QED) is 0.854. The average Bonchev–Trinajstić information content (AvgIpc) is 2.68. The number of thiophene rings is 1. The molecule has 0 unspecified atom stereocenters. The Hall–Kier alpha value is -0.960. The Balaban J connectivity index is 2.04. The number of aryl methyl sites for hydroxylation is 2. The van der Waals surface area contributed by atoms with E-state index in [9.17, 15) is 13.2 Å². The van der Waals surface area contributed by atoms with Crippen molar-refractivity contribution >= 4 is 27.5 Å². The van der Waals surface area contributed by atoms with Crippen molar-refractivity contribution in [2.45, 2.75) is 13.8 Å². The molecule has 2 heterocycles. The molecule has 8 heteroatoms. The van der Waals surface area contributed by atoms with Crippen LogP contribution in [0.25, 0.3) is 0 Å². The van der Waals surface area contributed by atoms with Crippen molar-refractivity contribution in [3.63, 3.8) is 0 Å². The lowest BCUT2D eigenvalue weighted by atomic mass is 10.2. The van der Waals surface area contributed by atoms with E-state index in [1.54, 1.807) is 4.90 Å². The number of carbonyl (C=O) groups excluding carboxylic acids is 1. The lowest BCUT2D eigenvalue weighted by Gasteiger charge is -2.32. The van der Waals surface area contributed by atoms with Gasteiger partial charge < -0.3 is 4.90 Å². The second kappa shape index (κ2) is 5.20. The molecule has 1 saturated heterocycles. The maximum absolute atomic E-state index is 12.3. The van der Waals surface area contributed by atoms with E-state index in [1.807, 2.05) is 19.9 Å². The van der Waals surface area contributed by atoms with Gasteiger partial charge in [0.2, 0.25) is 0 Å². The molecule has 0 aliphatic carbocycles. The third kappa shape index (κ3) is 3.14. The Morgan fingerprint density at radius 3 is 2.26 bits per heavy atom. The normalized spacial score (nSPS) is 17.7. The van der Waals surface area contributed by atoms with Gasteiger partial charge in [-0.25, -0.2) is 5.14 Å². The number of hydrogen-bond donors (Lipinski definition) is 1. The maximum Gasteiger partial charge on any atom is 0.277 e. The number of nitrogens with zero attached hydrogens (tertiary/aromatic N) is 2. The predicted molar refractivity (Wildman–Crippen MR) is 74.4 cm³/mol. The predicted octanol–water partition coefficient (Wildman–Crippen LogP) is 0.326. The number of carbonyl (C=O) groups is 1. The third-order valence-electron chi connectivity index (χ3n) is 3.26. The smallest absolute Gasteiger partial charge is 0.277 e. The van der Waals surface area contributed by atoms with Gasteiger partial charge in [0.25, 0.3) is 16.1 Å². The van der Waals surface area contributed by atoms with Gasteiger partial charge in [-0.15, -0.1) is 11.3 Å². The zero-order chi connectivity index (χ0) is 14.2. The monoisotopic (exact) mass is 303 g/mol. The number of piperazine rings is 1. The minimum absolute atomic E-state index is 0.0322. The van der Waals surface area contributed by atoms with Crippen LogP contribution in [0, 0.1) is 13.8 Å². The van der Waals surface area contributed by atoms with E-state index in [0.29, 0.717) is 18.0 Å². The summed E-state index contributed by atoms with van der Waals surface area (Å²) >= 11 is 1.47.